The summed E-state index contributed by atoms with van der Waals surface area (Å²) in [6, 6.07) is 0. The van der Waals surface area contributed by atoms with E-state index in [1.54, 1.807) is 0 Å². The third-order valence-electron chi connectivity index (χ3n) is 4.26. The molecule has 0 aromatic heterocycles. The van der Waals surface area contributed by atoms with Crippen molar-refractivity contribution in [1.82, 2.24) is 0 Å². The average molecular weight is 294 g/mol. The summed E-state index contributed by atoms with van der Waals surface area (Å²) >= 11 is 0. The van der Waals surface area contributed by atoms with Gasteiger partial charge in [0.05, 0.1) is 19.8 Å². The third kappa shape index (κ3) is 7.55. The molecule has 0 atom stereocenters. The molecule has 0 saturated carbocycles. The predicted octanol–water partition coefficient (Wildman–Crippen LogP) is 0.917. The topological polar surface area (TPSA) is 101 Å². The fraction of sp³-hybridized carbons (Fsp3) is 1.00. The van der Waals surface area contributed by atoms with Crippen LogP contribution in [-0.2, 0) is 0 Å². The molecule has 0 rings (SSSR count). The van der Waals surface area contributed by atoms with Crippen molar-refractivity contribution in [3.8, 4) is 0 Å². The average Bonchev–Trinajstić information content (AvgIpc) is 2.51. The van der Waals surface area contributed by atoms with Crippen molar-refractivity contribution in [2.75, 3.05) is 33.0 Å². The Kier molecular flexibility index (Phi) is 13.8. The maximum absolute atomic E-state index is 9.11. The highest BCUT2D eigenvalue weighted by Gasteiger charge is 2.26. The Morgan fingerprint density at radius 3 is 1.10 bits per heavy atom. The first-order valence-electron chi connectivity index (χ1n) is 7.53. The normalized spacial score (nSPS) is 12.0. The van der Waals surface area contributed by atoms with Gasteiger partial charge >= 0.3 is 0 Å². The lowest BCUT2D eigenvalue weighted by Crippen LogP contribution is -2.34. The van der Waals surface area contributed by atoms with E-state index in [0.717, 1.165) is 19.3 Å². The summed E-state index contributed by atoms with van der Waals surface area (Å²) in [6.07, 6.45) is 4.77. The first kappa shape index (κ1) is 22.1. The number of aliphatic hydroxyl groups excluding tert-OH is 5. The molecule has 124 valence electrons. The molecule has 0 radical (unpaired) electrons. The fourth-order valence-corrected chi connectivity index (χ4v) is 2.06. The minimum atomic E-state index is -0.908. The van der Waals surface area contributed by atoms with Crippen molar-refractivity contribution < 1.29 is 25.5 Å². The Labute approximate surface area is 123 Å². The van der Waals surface area contributed by atoms with Crippen molar-refractivity contribution in [2.24, 2.45) is 10.8 Å². The van der Waals surface area contributed by atoms with Crippen LogP contribution in [0, 0.1) is 10.8 Å². The maximum atomic E-state index is 9.11. The third-order valence-corrected chi connectivity index (χ3v) is 4.26. The van der Waals surface area contributed by atoms with E-state index in [9.17, 15) is 0 Å². The summed E-state index contributed by atoms with van der Waals surface area (Å²) in [7, 11) is 0. The van der Waals surface area contributed by atoms with Gasteiger partial charge in [0, 0.05) is 18.6 Å². The number of aliphatic hydroxyl groups is 5. The highest BCUT2D eigenvalue weighted by Crippen LogP contribution is 2.30. The van der Waals surface area contributed by atoms with E-state index < -0.39 is 5.41 Å². The Morgan fingerprint density at radius 1 is 0.600 bits per heavy atom. The van der Waals surface area contributed by atoms with Crippen LogP contribution in [0.3, 0.4) is 0 Å². The van der Waals surface area contributed by atoms with Crippen molar-refractivity contribution in [3.05, 3.63) is 0 Å². The molecular weight excluding hydrogens is 260 g/mol. The second-order valence-electron chi connectivity index (χ2n) is 5.56. The van der Waals surface area contributed by atoms with Gasteiger partial charge in [0.25, 0.3) is 0 Å². The van der Waals surface area contributed by atoms with Gasteiger partial charge in [0.15, 0.2) is 0 Å². The molecule has 5 N–H and O–H groups in total. The molecule has 0 amide bonds. The van der Waals surface area contributed by atoms with Gasteiger partial charge in [-0.2, -0.15) is 0 Å². The number of hydrogen-bond donors (Lipinski definition) is 5. The van der Waals surface area contributed by atoms with E-state index >= 15 is 0 Å². The Morgan fingerprint density at radius 2 is 1.00 bits per heavy atom. The highest BCUT2D eigenvalue weighted by atomic mass is 16.3. The fourth-order valence-electron chi connectivity index (χ4n) is 2.06. The van der Waals surface area contributed by atoms with E-state index in [2.05, 4.69) is 20.8 Å². The van der Waals surface area contributed by atoms with Gasteiger partial charge in [0.2, 0.25) is 0 Å². The zero-order chi connectivity index (χ0) is 16.1. The van der Waals surface area contributed by atoms with Crippen LogP contribution in [0.15, 0.2) is 0 Å². The molecule has 5 heteroatoms. The molecule has 0 aromatic rings. The summed E-state index contributed by atoms with van der Waals surface area (Å²) in [5, 5.41) is 43.6. The van der Waals surface area contributed by atoms with Crippen molar-refractivity contribution in [1.29, 1.82) is 0 Å². The van der Waals surface area contributed by atoms with Gasteiger partial charge in [-0.1, -0.05) is 27.2 Å². The van der Waals surface area contributed by atoms with E-state index in [-0.39, 0.29) is 38.3 Å². The summed E-state index contributed by atoms with van der Waals surface area (Å²) in [4.78, 5) is 0. The van der Waals surface area contributed by atoms with E-state index in [4.69, 9.17) is 25.5 Å². The largest absolute Gasteiger partial charge is 0.396 e. The van der Waals surface area contributed by atoms with Gasteiger partial charge in [-0.15, -0.1) is 0 Å². The van der Waals surface area contributed by atoms with E-state index in [1.165, 1.54) is 6.42 Å². The summed E-state index contributed by atoms with van der Waals surface area (Å²) in [6.45, 7) is 5.80. The van der Waals surface area contributed by atoms with Crippen LogP contribution in [0.1, 0.15) is 52.9 Å². The Balaban J connectivity index is 0. The van der Waals surface area contributed by atoms with Gasteiger partial charge in [-0.25, -0.2) is 0 Å². The molecule has 0 fully saturated rings. The van der Waals surface area contributed by atoms with Crippen molar-refractivity contribution >= 4 is 0 Å². The molecule has 0 heterocycles. The SMILES string of the molecule is CCCC(CC)(CC)CO.OCCC(CO)(CO)CO. The Bertz CT molecular complexity index is 162. The molecule has 0 bridgehead atoms. The second kappa shape index (κ2) is 12.5. The quantitative estimate of drug-likeness (QED) is 0.412. The zero-order valence-electron chi connectivity index (χ0n) is 13.3. The smallest absolute Gasteiger partial charge is 0.0532 e. The van der Waals surface area contributed by atoms with E-state index in [0.29, 0.717) is 6.61 Å². The van der Waals surface area contributed by atoms with Crippen LogP contribution < -0.4 is 0 Å². The van der Waals surface area contributed by atoms with Crippen LogP contribution in [-0.4, -0.2) is 58.6 Å². The van der Waals surface area contributed by atoms with Crippen molar-refractivity contribution in [2.45, 2.75) is 52.9 Å². The molecule has 5 nitrogen and oxygen atoms in total. The van der Waals surface area contributed by atoms with Crippen LogP contribution in [0.25, 0.3) is 0 Å². The van der Waals surface area contributed by atoms with Gasteiger partial charge in [0.1, 0.15) is 0 Å². The van der Waals surface area contributed by atoms with Gasteiger partial charge in [-0.05, 0) is 31.1 Å². The van der Waals surface area contributed by atoms with E-state index in [1.807, 2.05) is 0 Å². The summed E-state index contributed by atoms with van der Waals surface area (Å²) in [5.41, 5.74) is -0.677. The molecular formula is C15H34O5. The van der Waals surface area contributed by atoms with Crippen molar-refractivity contribution in [3.63, 3.8) is 0 Å². The van der Waals surface area contributed by atoms with Crippen LogP contribution >= 0.6 is 0 Å². The monoisotopic (exact) mass is 294 g/mol. The molecule has 20 heavy (non-hydrogen) atoms. The minimum absolute atomic E-state index is 0.137. The van der Waals surface area contributed by atoms with Gasteiger partial charge in [-0.3, -0.25) is 0 Å². The van der Waals surface area contributed by atoms with Crippen LogP contribution in [0.4, 0.5) is 0 Å². The lowest BCUT2D eigenvalue weighted by molar-refractivity contribution is -0.0111. The molecule has 0 aromatic carbocycles. The molecule has 0 unspecified atom stereocenters. The minimum Gasteiger partial charge on any atom is -0.396 e. The lowest BCUT2D eigenvalue weighted by atomic mass is 9.79. The first-order chi connectivity index (χ1) is 9.49. The number of rotatable bonds is 10. The van der Waals surface area contributed by atoms with Gasteiger partial charge < -0.3 is 25.5 Å². The zero-order valence-corrected chi connectivity index (χ0v) is 13.3. The molecule has 0 saturated heterocycles. The summed E-state index contributed by atoms with van der Waals surface area (Å²) < 4.78 is 0. The predicted molar refractivity (Wildman–Crippen MR) is 80.4 cm³/mol. The summed E-state index contributed by atoms with van der Waals surface area (Å²) in [5.74, 6) is 0. The van der Waals surface area contributed by atoms with Crippen LogP contribution in [0.5, 0.6) is 0 Å². The van der Waals surface area contributed by atoms with Crippen LogP contribution in [0.2, 0.25) is 0 Å². The lowest BCUT2D eigenvalue weighted by Gasteiger charge is -2.28. The molecule has 0 aliphatic rings. The highest BCUT2D eigenvalue weighted by molar-refractivity contribution is 4.76. The Hall–Kier alpha value is -0.200. The first-order valence-corrected chi connectivity index (χ1v) is 7.53. The number of hydrogen-bond acceptors (Lipinski definition) is 5. The molecule has 0 spiro atoms. The standard InChI is InChI=1S/C9H20O.C6H14O4/c1-4-7-9(5-2,6-3)8-10;7-2-1-6(3-8,4-9)5-10/h10H,4-8H2,1-3H3;7-10H,1-5H2. The second-order valence-corrected chi connectivity index (χ2v) is 5.56. The molecule has 0 aliphatic carbocycles. The molecule has 0 aliphatic heterocycles. The maximum Gasteiger partial charge on any atom is 0.0532 e.